The van der Waals surface area contributed by atoms with Crippen LogP contribution >= 0.6 is 0 Å². The maximum absolute atomic E-state index is 11.9. The molecule has 5 heteroatoms. The summed E-state index contributed by atoms with van der Waals surface area (Å²) in [7, 11) is 4.03. The molecule has 0 radical (unpaired) electrons. The van der Waals surface area contributed by atoms with Crippen molar-refractivity contribution in [1.82, 2.24) is 10.2 Å². The molecule has 0 bridgehead atoms. The highest BCUT2D eigenvalue weighted by Crippen LogP contribution is 2.11. The Hall–Kier alpha value is -1.59. The van der Waals surface area contributed by atoms with Crippen molar-refractivity contribution in [2.75, 3.05) is 51.8 Å². The van der Waals surface area contributed by atoms with Gasteiger partial charge in [0.15, 0.2) is 0 Å². The molecule has 0 atom stereocenters. The van der Waals surface area contributed by atoms with E-state index in [0.29, 0.717) is 13.1 Å². The lowest BCUT2D eigenvalue weighted by atomic mass is 10.2. The minimum Gasteiger partial charge on any atom is -0.379 e. The summed E-state index contributed by atoms with van der Waals surface area (Å²) in [6.07, 6.45) is 0. The first-order valence-corrected chi connectivity index (χ1v) is 6.98. The summed E-state index contributed by atoms with van der Waals surface area (Å²) < 4.78 is 5.26. The molecule has 0 aromatic heterocycles. The standard InChI is InChI=1S/C15H23N3O2/c1-17(2)14-5-3-13(4-6-14)11-16-15(19)12-18-7-9-20-10-8-18/h3-6H,7-12H2,1-2H3,(H,16,19). The van der Waals surface area contributed by atoms with Gasteiger partial charge in [-0.2, -0.15) is 0 Å². The van der Waals surface area contributed by atoms with Gasteiger partial charge in [-0.25, -0.2) is 0 Å². The average Bonchev–Trinajstić information content (AvgIpc) is 2.46. The van der Waals surface area contributed by atoms with Crippen LogP contribution in [0.3, 0.4) is 0 Å². The zero-order valence-electron chi connectivity index (χ0n) is 12.3. The molecule has 1 amide bonds. The molecule has 1 saturated heterocycles. The Kier molecular flexibility index (Phi) is 5.38. The molecule has 1 aromatic rings. The predicted octanol–water partition coefficient (Wildman–Crippen LogP) is 0.701. The molecule has 1 aliphatic heterocycles. The van der Waals surface area contributed by atoms with Crippen molar-refractivity contribution in [2.45, 2.75) is 6.54 Å². The number of amides is 1. The number of nitrogens with zero attached hydrogens (tertiary/aromatic N) is 2. The van der Waals surface area contributed by atoms with Crippen LogP contribution in [0.1, 0.15) is 5.56 Å². The third kappa shape index (κ3) is 4.51. The molecule has 1 aromatic carbocycles. The van der Waals surface area contributed by atoms with Gasteiger partial charge in [0.25, 0.3) is 0 Å². The van der Waals surface area contributed by atoms with Crippen molar-refractivity contribution in [3.63, 3.8) is 0 Å². The maximum atomic E-state index is 11.9. The van der Waals surface area contributed by atoms with E-state index in [1.54, 1.807) is 0 Å². The summed E-state index contributed by atoms with van der Waals surface area (Å²) in [5, 5.41) is 2.96. The third-order valence-electron chi connectivity index (χ3n) is 3.41. The van der Waals surface area contributed by atoms with Crippen LogP contribution in [0.25, 0.3) is 0 Å². The van der Waals surface area contributed by atoms with Crippen molar-refractivity contribution in [1.29, 1.82) is 0 Å². The summed E-state index contributed by atoms with van der Waals surface area (Å²) in [4.78, 5) is 16.0. The summed E-state index contributed by atoms with van der Waals surface area (Å²) >= 11 is 0. The summed E-state index contributed by atoms with van der Waals surface area (Å²) in [5.74, 6) is 0.0728. The Morgan fingerprint density at radius 2 is 1.90 bits per heavy atom. The monoisotopic (exact) mass is 277 g/mol. The normalized spacial score (nSPS) is 15.9. The van der Waals surface area contributed by atoms with Crippen molar-refractivity contribution in [3.8, 4) is 0 Å². The highest BCUT2D eigenvalue weighted by Gasteiger charge is 2.13. The quantitative estimate of drug-likeness (QED) is 0.860. The van der Waals surface area contributed by atoms with Crippen LogP contribution in [0.5, 0.6) is 0 Å². The third-order valence-corrected chi connectivity index (χ3v) is 3.41. The Balaban J connectivity index is 1.74. The fourth-order valence-electron chi connectivity index (χ4n) is 2.13. The Morgan fingerprint density at radius 3 is 2.50 bits per heavy atom. The second-order valence-electron chi connectivity index (χ2n) is 5.23. The number of rotatable bonds is 5. The lowest BCUT2D eigenvalue weighted by Crippen LogP contribution is -2.43. The van der Waals surface area contributed by atoms with Crippen molar-refractivity contribution < 1.29 is 9.53 Å². The van der Waals surface area contributed by atoms with Gasteiger partial charge in [0, 0.05) is 39.4 Å². The Morgan fingerprint density at radius 1 is 1.25 bits per heavy atom. The highest BCUT2D eigenvalue weighted by molar-refractivity contribution is 5.78. The van der Waals surface area contributed by atoms with Gasteiger partial charge in [0.2, 0.25) is 5.91 Å². The number of carbonyl (C=O) groups is 1. The van der Waals surface area contributed by atoms with Gasteiger partial charge in [0.1, 0.15) is 0 Å². The highest BCUT2D eigenvalue weighted by atomic mass is 16.5. The molecule has 1 fully saturated rings. The minimum atomic E-state index is 0.0728. The van der Waals surface area contributed by atoms with Gasteiger partial charge in [-0.3, -0.25) is 9.69 Å². The van der Waals surface area contributed by atoms with Crippen LogP contribution in [-0.2, 0) is 16.1 Å². The number of hydrogen-bond acceptors (Lipinski definition) is 4. The molecule has 0 unspecified atom stereocenters. The van der Waals surface area contributed by atoms with Crippen LogP contribution < -0.4 is 10.2 Å². The zero-order valence-corrected chi connectivity index (χ0v) is 12.3. The van der Waals surface area contributed by atoms with Crippen molar-refractivity contribution in [2.24, 2.45) is 0 Å². The van der Waals surface area contributed by atoms with E-state index < -0.39 is 0 Å². The van der Waals surface area contributed by atoms with Gasteiger partial charge >= 0.3 is 0 Å². The van der Waals surface area contributed by atoms with E-state index in [2.05, 4.69) is 27.2 Å². The maximum Gasteiger partial charge on any atom is 0.234 e. The van der Waals surface area contributed by atoms with E-state index in [1.807, 2.05) is 26.2 Å². The lowest BCUT2D eigenvalue weighted by molar-refractivity contribution is -0.123. The topological polar surface area (TPSA) is 44.8 Å². The first kappa shape index (κ1) is 14.8. The number of hydrogen-bond donors (Lipinski definition) is 1. The molecule has 0 spiro atoms. The first-order chi connectivity index (χ1) is 9.65. The fraction of sp³-hybridized carbons (Fsp3) is 0.533. The summed E-state index contributed by atoms with van der Waals surface area (Å²) in [6.45, 7) is 4.16. The molecular weight excluding hydrogens is 254 g/mol. The molecule has 2 rings (SSSR count). The van der Waals surface area contributed by atoms with Gasteiger partial charge in [0.05, 0.1) is 19.8 Å². The molecule has 1 N–H and O–H groups in total. The molecular formula is C15H23N3O2. The Labute approximate surface area is 120 Å². The van der Waals surface area contributed by atoms with Crippen LogP contribution in [0.15, 0.2) is 24.3 Å². The van der Waals surface area contributed by atoms with Crippen LogP contribution in [0, 0.1) is 0 Å². The van der Waals surface area contributed by atoms with E-state index in [9.17, 15) is 4.79 Å². The van der Waals surface area contributed by atoms with E-state index in [0.717, 1.165) is 37.6 Å². The van der Waals surface area contributed by atoms with Crippen molar-refractivity contribution >= 4 is 11.6 Å². The number of ether oxygens (including phenoxy) is 1. The zero-order chi connectivity index (χ0) is 14.4. The smallest absolute Gasteiger partial charge is 0.234 e. The van der Waals surface area contributed by atoms with E-state index in [4.69, 9.17) is 4.74 Å². The fourth-order valence-corrected chi connectivity index (χ4v) is 2.13. The predicted molar refractivity (Wildman–Crippen MR) is 79.9 cm³/mol. The van der Waals surface area contributed by atoms with E-state index in [-0.39, 0.29) is 5.91 Å². The second-order valence-corrected chi connectivity index (χ2v) is 5.23. The van der Waals surface area contributed by atoms with Crippen LogP contribution in [0.2, 0.25) is 0 Å². The van der Waals surface area contributed by atoms with Gasteiger partial charge in [-0.15, -0.1) is 0 Å². The van der Waals surface area contributed by atoms with Gasteiger partial charge in [-0.1, -0.05) is 12.1 Å². The summed E-state index contributed by atoms with van der Waals surface area (Å²) in [5.41, 5.74) is 2.28. The molecule has 110 valence electrons. The molecule has 1 aliphatic rings. The number of morpholine rings is 1. The van der Waals surface area contributed by atoms with Crippen LogP contribution in [0.4, 0.5) is 5.69 Å². The molecule has 0 saturated carbocycles. The molecule has 0 aliphatic carbocycles. The molecule has 1 heterocycles. The number of carbonyl (C=O) groups excluding carboxylic acids is 1. The lowest BCUT2D eigenvalue weighted by Gasteiger charge is -2.25. The largest absolute Gasteiger partial charge is 0.379 e. The number of anilines is 1. The van der Waals surface area contributed by atoms with Crippen molar-refractivity contribution in [3.05, 3.63) is 29.8 Å². The van der Waals surface area contributed by atoms with Gasteiger partial charge < -0.3 is 15.0 Å². The number of benzene rings is 1. The Bertz CT molecular complexity index is 425. The van der Waals surface area contributed by atoms with Crippen LogP contribution in [-0.4, -0.2) is 57.8 Å². The summed E-state index contributed by atoms with van der Waals surface area (Å²) in [6, 6.07) is 8.21. The molecule has 5 nitrogen and oxygen atoms in total. The second kappa shape index (κ2) is 7.26. The molecule has 20 heavy (non-hydrogen) atoms. The number of nitrogens with one attached hydrogen (secondary N) is 1. The van der Waals surface area contributed by atoms with E-state index in [1.165, 1.54) is 0 Å². The van der Waals surface area contributed by atoms with E-state index >= 15 is 0 Å². The average molecular weight is 277 g/mol. The minimum absolute atomic E-state index is 0.0728. The first-order valence-electron chi connectivity index (χ1n) is 6.98. The SMILES string of the molecule is CN(C)c1ccc(CNC(=O)CN2CCOCC2)cc1. The van der Waals surface area contributed by atoms with Gasteiger partial charge in [-0.05, 0) is 17.7 Å².